The van der Waals surface area contributed by atoms with Crippen LogP contribution in [0.15, 0.2) is 0 Å². The van der Waals surface area contributed by atoms with Crippen LogP contribution in [0.1, 0.15) is 31.8 Å². The van der Waals surface area contributed by atoms with Crippen LogP contribution in [0.2, 0.25) is 0 Å². The van der Waals surface area contributed by atoms with E-state index in [1.165, 1.54) is 0 Å². The largest absolute Gasteiger partial charge is 0.492 e. The maximum Gasteiger partial charge on any atom is 0.339 e. The molecule has 0 atom stereocenters. The first kappa shape index (κ1) is 10.9. The Kier molecular flexibility index (Phi) is 2.19. The molecule has 0 amide bonds. The molecule has 0 aliphatic carbocycles. The van der Waals surface area contributed by atoms with Gasteiger partial charge in [-0.1, -0.05) is 0 Å². The normalized spacial score (nSPS) is 15.6. The van der Waals surface area contributed by atoms with E-state index in [4.69, 9.17) is 9.47 Å². The third kappa shape index (κ3) is 1.28. The van der Waals surface area contributed by atoms with Crippen molar-refractivity contribution in [2.75, 3.05) is 13.2 Å². The van der Waals surface area contributed by atoms with Crippen LogP contribution in [0.3, 0.4) is 0 Å². The maximum atomic E-state index is 11.3. The smallest absolute Gasteiger partial charge is 0.339 e. The van der Waals surface area contributed by atoms with Gasteiger partial charge in [-0.3, -0.25) is 0 Å². The standard InChI is InChI=1S/C12H10O6/c13-11(14)7-5-1-3-17-9(5)8(12(15)16)6-2-4-18-10(6)7/h1-4H2,(H,13,14)(H,15,16). The molecule has 1 aromatic rings. The molecule has 0 bridgehead atoms. The number of rotatable bonds is 2. The van der Waals surface area contributed by atoms with E-state index in [1.807, 2.05) is 0 Å². The molecule has 6 nitrogen and oxygen atoms in total. The Morgan fingerprint density at radius 2 is 1.22 bits per heavy atom. The molecule has 0 radical (unpaired) electrons. The molecule has 2 N–H and O–H groups in total. The molecule has 18 heavy (non-hydrogen) atoms. The lowest BCUT2D eigenvalue weighted by molar-refractivity contribution is 0.0675. The van der Waals surface area contributed by atoms with E-state index in [1.54, 1.807) is 0 Å². The molecule has 2 heterocycles. The fourth-order valence-corrected chi connectivity index (χ4v) is 2.56. The van der Waals surface area contributed by atoms with Crippen molar-refractivity contribution in [3.05, 3.63) is 22.3 Å². The van der Waals surface area contributed by atoms with Crippen molar-refractivity contribution in [3.8, 4) is 11.5 Å². The van der Waals surface area contributed by atoms with E-state index in [0.29, 0.717) is 37.2 Å². The molecule has 0 fully saturated rings. The van der Waals surface area contributed by atoms with Crippen LogP contribution in [0.25, 0.3) is 0 Å². The SMILES string of the molecule is O=C(O)c1c2c(c(C(=O)O)c3c1OCC3)OCC2. The minimum Gasteiger partial charge on any atom is -0.492 e. The predicted octanol–water partition coefficient (Wildman–Crippen LogP) is 0.953. The second kappa shape index (κ2) is 3.63. The number of benzene rings is 1. The highest BCUT2D eigenvalue weighted by molar-refractivity contribution is 6.01. The van der Waals surface area contributed by atoms with Crippen LogP contribution in [-0.2, 0) is 12.8 Å². The van der Waals surface area contributed by atoms with Crippen molar-refractivity contribution in [2.45, 2.75) is 12.8 Å². The van der Waals surface area contributed by atoms with E-state index >= 15 is 0 Å². The number of aromatic carboxylic acids is 2. The van der Waals surface area contributed by atoms with Crippen molar-refractivity contribution in [1.29, 1.82) is 0 Å². The summed E-state index contributed by atoms with van der Waals surface area (Å²) in [6.45, 7) is 0.609. The Bertz CT molecular complexity index is 490. The Morgan fingerprint density at radius 3 is 1.56 bits per heavy atom. The van der Waals surface area contributed by atoms with Crippen LogP contribution in [-0.4, -0.2) is 35.4 Å². The number of hydrogen-bond donors (Lipinski definition) is 2. The molecule has 94 valence electrons. The van der Waals surface area contributed by atoms with Crippen LogP contribution in [0.4, 0.5) is 0 Å². The summed E-state index contributed by atoms with van der Waals surface area (Å²) in [5.41, 5.74) is 0.973. The van der Waals surface area contributed by atoms with Crippen molar-refractivity contribution in [1.82, 2.24) is 0 Å². The van der Waals surface area contributed by atoms with Gasteiger partial charge in [-0.15, -0.1) is 0 Å². The van der Waals surface area contributed by atoms with Crippen molar-refractivity contribution in [2.24, 2.45) is 0 Å². The van der Waals surface area contributed by atoms with Gasteiger partial charge in [-0.2, -0.15) is 0 Å². The first-order valence-corrected chi connectivity index (χ1v) is 5.55. The van der Waals surface area contributed by atoms with Crippen molar-refractivity contribution >= 4 is 11.9 Å². The minimum absolute atomic E-state index is 0.0556. The molecule has 2 aliphatic rings. The molecule has 0 spiro atoms. The molecule has 3 rings (SSSR count). The van der Waals surface area contributed by atoms with Crippen LogP contribution in [0.5, 0.6) is 11.5 Å². The lowest BCUT2D eigenvalue weighted by Crippen LogP contribution is -2.09. The average Bonchev–Trinajstić information content (AvgIpc) is 2.91. The fourth-order valence-electron chi connectivity index (χ4n) is 2.56. The number of ether oxygens (including phenoxy) is 2. The lowest BCUT2D eigenvalue weighted by Gasteiger charge is -2.12. The summed E-state index contributed by atoms with van der Waals surface area (Å²) in [6.07, 6.45) is 0.793. The summed E-state index contributed by atoms with van der Waals surface area (Å²) in [7, 11) is 0. The first-order valence-electron chi connectivity index (χ1n) is 5.55. The van der Waals surface area contributed by atoms with Gasteiger partial charge in [-0.25, -0.2) is 9.59 Å². The van der Waals surface area contributed by atoms with Gasteiger partial charge in [0.1, 0.15) is 22.6 Å². The third-order valence-electron chi connectivity index (χ3n) is 3.23. The predicted molar refractivity (Wildman–Crippen MR) is 58.8 cm³/mol. The van der Waals surface area contributed by atoms with Gasteiger partial charge < -0.3 is 19.7 Å². The Hall–Kier alpha value is -2.24. The van der Waals surface area contributed by atoms with E-state index in [-0.39, 0.29) is 22.6 Å². The molecular formula is C12H10O6. The average molecular weight is 250 g/mol. The van der Waals surface area contributed by atoms with Crippen molar-refractivity contribution in [3.63, 3.8) is 0 Å². The maximum absolute atomic E-state index is 11.3. The zero-order chi connectivity index (χ0) is 12.9. The van der Waals surface area contributed by atoms with E-state index in [2.05, 4.69) is 0 Å². The van der Waals surface area contributed by atoms with Gasteiger partial charge in [0.05, 0.1) is 13.2 Å². The molecule has 0 aromatic heterocycles. The van der Waals surface area contributed by atoms with Gasteiger partial charge in [0.2, 0.25) is 0 Å². The number of carboxylic acids is 2. The highest BCUT2D eigenvalue weighted by Gasteiger charge is 2.36. The summed E-state index contributed by atoms with van der Waals surface area (Å²) in [6, 6.07) is 0. The molecule has 6 heteroatoms. The monoisotopic (exact) mass is 250 g/mol. The number of hydrogen-bond acceptors (Lipinski definition) is 4. The number of fused-ring (bicyclic) bond motifs is 2. The highest BCUT2D eigenvalue weighted by Crippen LogP contribution is 2.44. The number of carbonyl (C=O) groups is 2. The summed E-state index contributed by atoms with van der Waals surface area (Å²) < 4.78 is 10.6. The Labute approximate surface area is 102 Å². The van der Waals surface area contributed by atoms with E-state index in [0.717, 1.165) is 0 Å². The summed E-state index contributed by atoms with van der Waals surface area (Å²) in [5.74, 6) is -1.81. The Balaban J connectivity index is 2.39. The summed E-state index contributed by atoms with van der Waals surface area (Å²) >= 11 is 0. The number of carboxylic acid groups (broad SMARTS) is 2. The van der Waals surface area contributed by atoms with E-state index in [9.17, 15) is 19.8 Å². The fraction of sp³-hybridized carbons (Fsp3) is 0.333. The van der Waals surface area contributed by atoms with Crippen LogP contribution >= 0.6 is 0 Å². The van der Waals surface area contributed by atoms with E-state index < -0.39 is 11.9 Å². The van der Waals surface area contributed by atoms with Crippen LogP contribution in [0, 0.1) is 0 Å². The molecular weight excluding hydrogens is 240 g/mol. The third-order valence-corrected chi connectivity index (χ3v) is 3.23. The second-order valence-corrected chi connectivity index (χ2v) is 4.17. The summed E-state index contributed by atoms with van der Waals surface area (Å²) in [4.78, 5) is 22.6. The quantitative estimate of drug-likeness (QED) is 0.811. The highest BCUT2D eigenvalue weighted by atomic mass is 16.5. The topological polar surface area (TPSA) is 93.1 Å². The van der Waals surface area contributed by atoms with Gasteiger partial charge in [0.25, 0.3) is 0 Å². The zero-order valence-electron chi connectivity index (χ0n) is 9.36. The van der Waals surface area contributed by atoms with Gasteiger partial charge >= 0.3 is 11.9 Å². The van der Waals surface area contributed by atoms with Gasteiger partial charge in [0, 0.05) is 24.0 Å². The lowest BCUT2D eigenvalue weighted by atomic mass is 9.94. The minimum atomic E-state index is -1.10. The molecule has 2 aliphatic heterocycles. The van der Waals surface area contributed by atoms with Gasteiger partial charge in [-0.05, 0) is 0 Å². The second-order valence-electron chi connectivity index (χ2n) is 4.17. The van der Waals surface area contributed by atoms with Gasteiger partial charge in [0.15, 0.2) is 0 Å². The molecule has 0 saturated carbocycles. The Morgan fingerprint density at radius 1 is 0.833 bits per heavy atom. The van der Waals surface area contributed by atoms with Crippen LogP contribution < -0.4 is 9.47 Å². The molecule has 0 unspecified atom stereocenters. The zero-order valence-corrected chi connectivity index (χ0v) is 9.36. The first-order chi connectivity index (χ1) is 8.61. The molecule has 1 aromatic carbocycles. The van der Waals surface area contributed by atoms with Crippen molar-refractivity contribution < 1.29 is 29.3 Å². The summed E-state index contributed by atoms with van der Waals surface area (Å²) in [5, 5.41) is 18.5. The molecule has 0 saturated heterocycles.